The number of piperazine rings is 1. The molecule has 1 heterocycles. The summed E-state index contributed by atoms with van der Waals surface area (Å²) in [4.78, 5) is 0. The summed E-state index contributed by atoms with van der Waals surface area (Å²) in [7, 11) is -3.03. The summed E-state index contributed by atoms with van der Waals surface area (Å²) in [5, 5.41) is 3.28. The van der Waals surface area contributed by atoms with Gasteiger partial charge in [0.1, 0.15) is 0 Å². The van der Waals surface area contributed by atoms with Crippen molar-refractivity contribution in [2.75, 3.05) is 18.8 Å². The van der Waals surface area contributed by atoms with Crippen LogP contribution in [0.2, 0.25) is 0 Å². The van der Waals surface area contributed by atoms with E-state index in [9.17, 15) is 8.42 Å². The third-order valence-corrected chi connectivity index (χ3v) is 5.12. The van der Waals surface area contributed by atoms with Gasteiger partial charge in [-0.25, -0.2) is 8.42 Å². The summed E-state index contributed by atoms with van der Waals surface area (Å²) in [5.41, 5.74) is 0. The molecule has 0 aromatic rings. The fourth-order valence-corrected chi connectivity index (χ4v) is 3.81. The molecular formula is C10H22N2O2S. The second-order valence-electron chi connectivity index (χ2n) is 4.26. The predicted molar refractivity (Wildman–Crippen MR) is 62.3 cm³/mol. The van der Waals surface area contributed by atoms with Crippen molar-refractivity contribution in [2.45, 2.75) is 45.7 Å². The SMILES string of the molecule is CCCCS(=O)(=O)N1CCNC(C)C1C. The van der Waals surface area contributed by atoms with Crippen molar-refractivity contribution < 1.29 is 8.42 Å². The first-order valence-electron chi connectivity index (χ1n) is 5.72. The van der Waals surface area contributed by atoms with Crippen LogP contribution >= 0.6 is 0 Å². The largest absolute Gasteiger partial charge is 0.311 e. The van der Waals surface area contributed by atoms with Crippen molar-refractivity contribution in [3.8, 4) is 0 Å². The van der Waals surface area contributed by atoms with Crippen molar-refractivity contribution in [3.63, 3.8) is 0 Å². The molecule has 1 fully saturated rings. The van der Waals surface area contributed by atoms with E-state index in [0.29, 0.717) is 12.3 Å². The highest BCUT2D eigenvalue weighted by Crippen LogP contribution is 2.15. The van der Waals surface area contributed by atoms with Gasteiger partial charge in [0.05, 0.1) is 5.75 Å². The van der Waals surface area contributed by atoms with E-state index in [1.165, 1.54) is 0 Å². The molecule has 0 radical (unpaired) electrons. The normalized spacial score (nSPS) is 29.3. The molecule has 0 aromatic heterocycles. The van der Waals surface area contributed by atoms with Crippen molar-refractivity contribution >= 4 is 10.0 Å². The third-order valence-electron chi connectivity index (χ3n) is 3.09. The summed E-state index contributed by atoms with van der Waals surface area (Å²) < 4.78 is 25.7. The van der Waals surface area contributed by atoms with E-state index in [1.54, 1.807) is 4.31 Å². The lowest BCUT2D eigenvalue weighted by molar-refractivity contribution is 0.232. The van der Waals surface area contributed by atoms with Gasteiger partial charge in [0.25, 0.3) is 0 Å². The Morgan fingerprint density at radius 3 is 2.67 bits per heavy atom. The zero-order chi connectivity index (χ0) is 11.5. The van der Waals surface area contributed by atoms with E-state index >= 15 is 0 Å². The van der Waals surface area contributed by atoms with Gasteiger partial charge in [0.2, 0.25) is 10.0 Å². The average molecular weight is 234 g/mol. The lowest BCUT2D eigenvalue weighted by Gasteiger charge is -2.37. The zero-order valence-electron chi connectivity index (χ0n) is 9.86. The second kappa shape index (κ2) is 5.27. The van der Waals surface area contributed by atoms with E-state index in [0.717, 1.165) is 19.4 Å². The minimum atomic E-state index is -3.03. The first-order chi connectivity index (χ1) is 6.99. The number of nitrogens with one attached hydrogen (secondary N) is 1. The molecule has 0 bridgehead atoms. The molecule has 0 aliphatic carbocycles. The van der Waals surface area contributed by atoms with E-state index in [-0.39, 0.29) is 12.1 Å². The highest BCUT2D eigenvalue weighted by Gasteiger charge is 2.32. The maximum absolute atomic E-state index is 12.0. The topological polar surface area (TPSA) is 49.4 Å². The van der Waals surface area contributed by atoms with Crippen LogP contribution in [-0.2, 0) is 10.0 Å². The predicted octanol–water partition coefficient (Wildman–Crippen LogP) is 0.798. The molecule has 1 aliphatic heterocycles. The van der Waals surface area contributed by atoms with E-state index in [4.69, 9.17) is 0 Å². The molecule has 0 aromatic carbocycles. The molecule has 1 N–H and O–H groups in total. The summed E-state index contributed by atoms with van der Waals surface area (Å²) >= 11 is 0. The van der Waals surface area contributed by atoms with Gasteiger partial charge in [-0.05, 0) is 20.3 Å². The minimum absolute atomic E-state index is 0.0700. The summed E-state index contributed by atoms with van der Waals surface area (Å²) in [5.74, 6) is 0.292. The van der Waals surface area contributed by atoms with Crippen LogP contribution in [0.15, 0.2) is 0 Å². The van der Waals surface area contributed by atoms with Gasteiger partial charge in [-0.1, -0.05) is 13.3 Å². The average Bonchev–Trinajstić information content (AvgIpc) is 2.19. The first-order valence-corrected chi connectivity index (χ1v) is 7.33. The number of hydrogen-bond donors (Lipinski definition) is 1. The lowest BCUT2D eigenvalue weighted by Crippen LogP contribution is -2.57. The van der Waals surface area contributed by atoms with Gasteiger partial charge >= 0.3 is 0 Å². The van der Waals surface area contributed by atoms with Crippen LogP contribution in [0, 0.1) is 0 Å². The molecule has 5 heteroatoms. The molecule has 90 valence electrons. The smallest absolute Gasteiger partial charge is 0.214 e. The van der Waals surface area contributed by atoms with Crippen molar-refractivity contribution in [2.24, 2.45) is 0 Å². The first kappa shape index (κ1) is 12.9. The van der Waals surface area contributed by atoms with Crippen LogP contribution in [0.3, 0.4) is 0 Å². The summed E-state index contributed by atoms with van der Waals surface area (Å²) in [6, 6.07) is 0.316. The van der Waals surface area contributed by atoms with Crippen LogP contribution in [0.5, 0.6) is 0 Å². The summed E-state index contributed by atoms with van der Waals surface area (Å²) in [6.45, 7) is 7.39. The Hall–Kier alpha value is -0.130. The number of unbranched alkanes of at least 4 members (excludes halogenated alkanes) is 1. The van der Waals surface area contributed by atoms with Crippen LogP contribution in [0.25, 0.3) is 0 Å². The Balaban J connectivity index is 2.68. The van der Waals surface area contributed by atoms with Gasteiger partial charge in [-0.15, -0.1) is 0 Å². The third kappa shape index (κ3) is 3.16. The van der Waals surface area contributed by atoms with E-state index in [2.05, 4.69) is 5.32 Å². The number of rotatable bonds is 4. The Morgan fingerprint density at radius 1 is 1.40 bits per heavy atom. The number of hydrogen-bond acceptors (Lipinski definition) is 3. The molecule has 2 unspecified atom stereocenters. The Morgan fingerprint density at radius 2 is 2.07 bits per heavy atom. The van der Waals surface area contributed by atoms with Crippen molar-refractivity contribution in [1.29, 1.82) is 0 Å². The monoisotopic (exact) mass is 234 g/mol. The van der Waals surface area contributed by atoms with E-state index in [1.807, 2.05) is 20.8 Å². The van der Waals surface area contributed by atoms with Gasteiger partial charge in [0, 0.05) is 25.2 Å². The zero-order valence-corrected chi connectivity index (χ0v) is 10.7. The van der Waals surface area contributed by atoms with Crippen LogP contribution in [0.4, 0.5) is 0 Å². The fraction of sp³-hybridized carbons (Fsp3) is 1.00. The molecule has 4 nitrogen and oxygen atoms in total. The highest BCUT2D eigenvalue weighted by molar-refractivity contribution is 7.89. The molecule has 1 aliphatic rings. The molecule has 0 spiro atoms. The minimum Gasteiger partial charge on any atom is -0.311 e. The van der Waals surface area contributed by atoms with Gasteiger partial charge < -0.3 is 5.32 Å². The van der Waals surface area contributed by atoms with Crippen molar-refractivity contribution in [3.05, 3.63) is 0 Å². The maximum atomic E-state index is 12.0. The molecule has 2 atom stereocenters. The maximum Gasteiger partial charge on any atom is 0.214 e. The molecule has 0 saturated carbocycles. The van der Waals surface area contributed by atoms with Crippen LogP contribution in [0.1, 0.15) is 33.6 Å². The standard InChI is InChI=1S/C10H22N2O2S/c1-4-5-8-15(13,14)12-7-6-11-9(2)10(12)3/h9-11H,4-8H2,1-3H3. The lowest BCUT2D eigenvalue weighted by atomic mass is 10.1. The molecule has 0 amide bonds. The number of nitrogens with zero attached hydrogens (tertiary/aromatic N) is 1. The van der Waals surface area contributed by atoms with Gasteiger partial charge in [-0.2, -0.15) is 4.31 Å². The van der Waals surface area contributed by atoms with Crippen LogP contribution in [-0.4, -0.2) is 43.6 Å². The van der Waals surface area contributed by atoms with Gasteiger partial charge in [-0.3, -0.25) is 0 Å². The second-order valence-corrected chi connectivity index (χ2v) is 6.30. The quantitative estimate of drug-likeness (QED) is 0.783. The van der Waals surface area contributed by atoms with E-state index < -0.39 is 10.0 Å². The van der Waals surface area contributed by atoms with Crippen molar-refractivity contribution in [1.82, 2.24) is 9.62 Å². The Labute approximate surface area is 93.1 Å². The highest BCUT2D eigenvalue weighted by atomic mass is 32.2. The molecular weight excluding hydrogens is 212 g/mol. The Bertz CT molecular complexity index is 290. The van der Waals surface area contributed by atoms with Gasteiger partial charge in [0.15, 0.2) is 0 Å². The molecule has 1 rings (SSSR count). The van der Waals surface area contributed by atoms with Crippen LogP contribution < -0.4 is 5.32 Å². The fourth-order valence-electron chi connectivity index (χ4n) is 1.86. The molecule has 1 saturated heterocycles. The Kier molecular flexibility index (Phi) is 4.55. The molecule has 15 heavy (non-hydrogen) atoms. The summed E-state index contributed by atoms with van der Waals surface area (Å²) in [6.07, 6.45) is 1.68. The number of sulfonamides is 1.